The molecular weight excluding hydrogens is 166 g/mol. The number of hydrogen-bond donors (Lipinski definition) is 1. The lowest BCUT2D eigenvalue weighted by Gasteiger charge is -2.05. The Hall–Kier alpha value is -1.45. The molecule has 1 N–H and O–H groups in total. The van der Waals surface area contributed by atoms with E-state index in [1.807, 2.05) is 13.8 Å². The molecule has 0 saturated carbocycles. The van der Waals surface area contributed by atoms with Crippen molar-refractivity contribution in [3.8, 4) is 0 Å². The monoisotopic (exact) mass is 179 g/mol. The maximum Gasteiger partial charge on any atom is 0.271 e. The summed E-state index contributed by atoms with van der Waals surface area (Å²) in [7, 11) is 0. The van der Waals surface area contributed by atoms with E-state index >= 15 is 0 Å². The Labute approximate surface area is 77.4 Å². The molecule has 0 aromatic carbocycles. The van der Waals surface area contributed by atoms with Gasteiger partial charge in [0.25, 0.3) is 5.91 Å². The van der Waals surface area contributed by atoms with Gasteiger partial charge in [-0.3, -0.25) is 4.79 Å². The molecule has 4 nitrogen and oxygen atoms in total. The Morgan fingerprint density at radius 2 is 2.38 bits per heavy atom. The number of nitrogens with one attached hydrogen (secondary N) is 1. The molecule has 0 radical (unpaired) electrons. The molecule has 0 aliphatic carbocycles. The second kappa shape index (κ2) is 4.54. The van der Waals surface area contributed by atoms with E-state index in [2.05, 4.69) is 15.5 Å². The zero-order chi connectivity index (χ0) is 9.68. The molecule has 1 heterocycles. The third-order valence-corrected chi connectivity index (χ3v) is 1.48. The smallest absolute Gasteiger partial charge is 0.271 e. The topological polar surface area (TPSA) is 54.9 Å². The summed E-state index contributed by atoms with van der Waals surface area (Å²) in [4.78, 5) is 11.3. The summed E-state index contributed by atoms with van der Waals surface area (Å²) in [6, 6.07) is 3.33. The molecule has 1 rings (SSSR count). The van der Waals surface area contributed by atoms with Crippen LogP contribution in [0.4, 0.5) is 0 Å². The lowest BCUT2D eigenvalue weighted by atomic mass is 10.2. The number of nitrogens with zero attached hydrogens (tertiary/aromatic N) is 2. The Balaban J connectivity index is 2.50. The van der Waals surface area contributed by atoms with Crippen LogP contribution >= 0.6 is 0 Å². The number of aromatic nitrogens is 2. The number of hydrogen-bond acceptors (Lipinski definition) is 3. The lowest BCUT2D eigenvalue weighted by Crippen LogP contribution is -2.28. The molecule has 0 atom stereocenters. The Bertz CT molecular complexity index is 271. The largest absolute Gasteiger partial charge is 0.350 e. The predicted octanol–water partition coefficient (Wildman–Crippen LogP) is 0.862. The standard InChI is InChI=1S/C9H13N3O/c1-7(2)6-10-9(13)8-4-3-5-11-12-8/h3-5,7H,6H2,1-2H3,(H,10,13). The van der Waals surface area contributed by atoms with Gasteiger partial charge < -0.3 is 5.32 Å². The second-order valence-corrected chi connectivity index (χ2v) is 3.21. The first kappa shape index (κ1) is 9.64. The maximum atomic E-state index is 11.3. The number of carbonyl (C=O) groups is 1. The van der Waals surface area contributed by atoms with Crippen LogP contribution in [0, 0.1) is 5.92 Å². The molecule has 0 aliphatic heterocycles. The summed E-state index contributed by atoms with van der Waals surface area (Å²) in [5.41, 5.74) is 0.364. The fourth-order valence-corrected chi connectivity index (χ4v) is 0.810. The molecule has 0 aliphatic rings. The normalized spacial score (nSPS) is 10.1. The van der Waals surface area contributed by atoms with Gasteiger partial charge >= 0.3 is 0 Å². The zero-order valence-electron chi connectivity index (χ0n) is 7.82. The van der Waals surface area contributed by atoms with Crippen molar-refractivity contribution in [2.75, 3.05) is 6.54 Å². The van der Waals surface area contributed by atoms with Crippen LogP contribution in [0.15, 0.2) is 18.3 Å². The fourth-order valence-electron chi connectivity index (χ4n) is 0.810. The van der Waals surface area contributed by atoms with Gasteiger partial charge in [-0.05, 0) is 18.1 Å². The van der Waals surface area contributed by atoms with Crippen molar-refractivity contribution in [1.29, 1.82) is 0 Å². The van der Waals surface area contributed by atoms with Gasteiger partial charge in [-0.2, -0.15) is 5.10 Å². The fraction of sp³-hybridized carbons (Fsp3) is 0.444. The summed E-state index contributed by atoms with van der Waals surface area (Å²) >= 11 is 0. The SMILES string of the molecule is CC(C)CNC(=O)c1cccnn1. The van der Waals surface area contributed by atoms with Crippen molar-refractivity contribution >= 4 is 5.91 Å². The van der Waals surface area contributed by atoms with Crippen LogP contribution in [-0.4, -0.2) is 22.6 Å². The Kier molecular flexibility index (Phi) is 3.37. The van der Waals surface area contributed by atoms with Crippen molar-refractivity contribution in [3.05, 3.63) is 24.0 Å². The highest BCUT2D eigenvalue weighted by Gasteiger charge is 2.06. The third-order valence-electron chi connectivity index (χ3n) is 1.48. The Morgan fingerprint density at radius 3 is 2.92 bits per heavy atom. The van der Waals surface area contributed by atoms with Crippen LogP contribution in [0.25, 0.3) is 0 Å². The highest BCUT2D eigenvalue weighted by molar-refractivity contribution is 5.91. The minimum Gasteiger partial charge on any atom is -0.350 e. The van der Waals surface area contributed by atoms with Gasteiger partial charge in [0.15, 0.2) is 5.69 Å². The van der Waals surface area contributed by atoms with Crippen LogP contribution in [0.2, 0.25) is 0 Å². The van der Waals surface area contributed by atoms with Crippen molar-refractivity contribution < 1.29 is 4.79 Å². The van der Waals surface area contributed by atoms with E-state index in [4.69, 9.17) is 0 Å². The molecule has 0 spiro atoms. The first-order valence-electron chi connectivity index (χ1n) is 4.26. The molecule has 0 fully saturated rings. The minimum atomic E-state index is -0.165. The molecule has 1 aromatic rings. The highest BCUT2D eigenvalue weighted by atomic mass is 16.1. The van der Waals surface area contributed by atoms with Gasteiger partial charge in [0.05, 0.1) is 0 Å². The molecule has 4 heteroatoms. The summed E-state index contributed by atoms with van der Waals surface area (Å²) in [6.45, 7) is 4.74. The van der Waals surface area contributed by atoms with Crippen molar-refractivity contribution in [3.63, 3.8) is 0 Å². The summed E-state index contributed by atoms with van der Waals surface area (Å²) in [5, 5.41) is 10.1. The highest BCUT2D eigenvalue weighted by Crippen LogP contribution is 1.92. The van der Waals surface area contributed by atoms with Gasteiger partial charge in [-0.25, -0.2) is 0 Å². The van der Waals surface area contributed by atoms with Gasteiger partial charge in [-0.1, -0.05) is 13.8 Å². The van der Waals surface area contributed by atoms with Gasteiger partial charge in [-0.15, -0.1) is 5.10 Å². The van der Waals surface area contributed by atoms with Crippen LogP contribution in [-0.2, 0) is 0 Å². The average molecular weight is 179 g/mol. The quantitative estimate of drug-likeness (QED) is 0.748. The average Bonchev–Trinajstić information content (AvgIpc) is 2.15. The van der Waals surface area contributed by atoms with Crippen LogP contribution in [0.1, 0.15) is 24.3 Å². The van der Waals surface area contributed by atoms with Crippen molar-refractivity contribution in [2.45, 2.75) is 13.8 Å². The van der Waals surface area contributed by atoms with Gasteiger partial charge in [0.2, 0.25) is 0 Å². The molecular formula is C9H13N3O. The molecule has 0 bridgehead atoms. The van der Waals surface area contributed by atoms with E-state index in [0.29, 0.717) is 18.2 Å². The van der Waals surface area contributed by atoms with E-state index in [1.54, 1.807) is 18.3 Å². The second-order valence-electron chi connectivity index (χ2n) is 3.21. The zero-order valence-corrected chi connectivity index (χ0v) is 7.82. The van der Waals surface area contributed by atoms with Crippen molar-refractivity contribution in [1.82, 2.24) is 15.5 Å². The number of carbonyl (C=O) groups excluding carboxylic acids is 1. The number of rotatable bonds is 3. The van der Waals surface area contributed by atoms with Crippen LogP contribution in [0.5, 0.6) is 0 Å². The minimum absolute atomic E-state index is 0.165. The summed E-state index contributed by atoms with van der Waals surface area (Å²) in [5.74, 6) is 0.280. The molecule has 0 unspecified atom stereocenters. The van der Waals surface area contributed by atoms with E-state index in [0.717, 1.165) is 0 Å². The molecule has 13 heavy (non-hydrogen) atoms. The van der Waals surface area contributed by atoms with E-state index in [1.165, 1.54) is 0 Å². The van der Waals surface area contributed by atoms with E-state index in [9.17, 15) is 4.79 Å². The third kappa shape index (κ3) is 3.19. The predicted molar refractivity (Wildman–Crippen MR) is 49.2 cm³/mol. The molecule has 0 saturated heterocycles. The molecule has 1 aromatic heterocycles. The van der Waals surface area contributed by atoms with Gasteiger partial charge in [0.1, 0.15) is 0 Å². The summed E-state index contributed by atoms with van der Waals surface area (Å²) in [6.07, 6.45) is 1.54. The molecule has 1 amide bonds. The van der Waals surface area contributed by atoms with E-state index < -0.39 is 0 Å². The van der Waals surface area contributed by atoms with Crippen molar-refractivity contribution in [2.24, 2.45) is 5.92 Å². The summed E-state index contributed by atoms with van der Waals surface area (Å²) < 4.78 is 0. The first-order chi connectivity index (χ1) is 6.20. The van der Waals surface area contributed by atoms with E-state index in [-0.39, 0.29) is 5.91 Å². The van der Waals surface area contributed by atoms with Crippen LogP contribution < -0.4 is 5.32 Å². The number of amides is 1. The maximum absolute atomic E-state index is 11.3. The van der Waals surface area contributed by atoms with Gasteiger partial charge in [0, 0.05) is 12.7 Å². The Morgan fingerprint density at radius 1 is 1.62 bits per heavy atom. The molecule has 70 valence electrons. The van der Waals surface area contributed by atoms with Crippen LogP contribution in [0.3, 0.4) is 0 Å². The first-order valence-corrected chi connectivity index (χ1v) is 4.26. The lowest BCUT2D eigenvalue weighted by molar-refractivity contribution is 0.0943.